The van der Waals surface area contributed by atoms with Crippen molar-refractivity contribution in [2.75, 3.05) is 6.61 Å². The van der Waals surface area contributed by atoms with E-state index < -0.39 is 0 Å². The van der Waals surface area contributed by atoms with Gasteiger partial charge >= 0.3 is 5.97 Å². The monoisotopic (exact) mass is 348 g/mol. The molecule has 0 spiro atoms. The first-order chi connectivity index (χ1) is 11.9. The number of ether oxygens (including phenoxy) is 1. The molecule has 4 rings (SSSR count). The standard InChI is InChI=1S/C22H36O3/c1-14(24)25-17-8-10-21(2)15(12-17)4-6-18-19-7-5-16(13-23)22(19,3)11-9-20(18)21/h15-20,23H,4-13H2,1-3H3/t15-,16-,17-,18?,19?,20?,21+,22-/m1/s1. The van der Waals surface area contributed by atoms with Crippen molar-refractivity contribution < 1.29 is 14.6 Å². The molecular weight excluding hydrogens is 312 g/mol. The summed E-state index contributed by atoms with van der Waals surface area (Å²) in [5.41, 5.74) is 0.826. The van der Waals surface area contributed by atoms with Gasteiger partial charge in [0.1, 0.15) is 6.10 Å². The predicted molar refractivity (Wildman–Crippen MR) is 97.9 cm³/mol. The Bertz CT molecular complexity index is 531. The Hall–Kier alpha value is -0.570. The first-order valence-electron chi connectivity index (χ1n) is 10.7. The van der Waals surface area contributed by atoms with E-state index in [-0.39, 0.29) is 12.1 Å². The molecule has 0 aromatic heterocycles. The second kappa shape index (κ2) is 6.25. The molecule has 25 heavy (non-hydrogen) atoms. The Morgan fingerprint density at radius 1 is 1.00 bits per heavy atom. The molecule has 0 aromatic carbocycles. The van der Waals surface area contributed by atoms with Crippen molar-refractivity contribution >= 4 is 5.97 Å². The predicted octanol–water partition coefficient (Wildman–Crippen LogP) is 4.57. The molecule has 3 unspecified atom stereocenters. The van der Waals surface area contributed by atoms with Crippen LogP contribution in [0, 0.1) is 40.4 Å². The van der Waals surface area contributed by atoms with Gasteiger partial charge in [-0.15, -0.1) is 0 Å². The second-order valence-electron chi connectivity index (χ2n) is 10.2. The molecule has 0 aromatic rings. The third-order valence-corrected chi connectivity index (χ3v) is 9.37. The number of hydrogen-bond donors (Lipinski definition) is 1. The van der Waals surface area contributed by atoms with Crippen LogP contribution in [-0.4, -0.2) is 23.8 Å². The zero-order valence-electron chi connectivity index (χ0n) is 16.3. The highest BCUT2D eigenvalue weighted by Crippen LogP contribution is 2.67. The first kappa shape index (κ1) is 17.8. The summed E-state index contributed by atoms with van der Waals surface area (Å²) >= 11 is 0. The van der Waals surface area contributed by atoms with Crippen LogP contribution < -0.4 is 0 Å². The Kier molecular flexibility index (Phi) is 4.46. The molecular formula is C22H36O3. The van der Waals surface area contributed by atoms with E-state index >= 15 is 0 Å². The quantitative estimate of drug-likeness (QED) is 0.744. The van der Waals surface area contributed by atoms with E-state index in [2.05, 4.69) is 13.8 Å². The fraction of sp³-hybridized carbons (Fsp3) is 0.955. The highest BCUT2D eigenvalue weighted by Gasteiger charge is 2.60. The van der Waals surface area contributed by atoms with Crippen LogP contribution in [0.25, 0.3) is 0 Å². The van der Waals surface area contributed by atoms with Gasteiger partial charge in [0.15, 0.2) is 0 Å². The number of aliphatic hydroxyl groups excluding tert-OH is 1. The molecule has 0 heterocycles. The molecule has 0 radical (unpaired) electrons. The van der Waals surface area contributed by atoms with Crippen molar-refractivity contribution in [3.8, 4) is 0 Å². The number of hydrogen-bond acceptors (Lipinski definition) is 3. The molecule has 4 aliphatic rings. The molecule has 0 aliphatic heterocycles. The van der Waals surface area contributed by atoms with Gasteiger partial charge in [-0.1, -0.05) is 13.8 Å². The molecule has 8 atom stereocenters. The highest BCUT2D eigenvalue weighted by molar-refractivity contribution is 5.66. The smallest absolute Gasteiger partial charge is 0.302 e. The molecule has 3 nitrogen and oxygen atoms in total. The zero-order chi connectivity index (χ0) is 17.8. The molecule has 142 valence electrons. The highest BCUT2D eigenvalue weighted by atomic mass is 16.5. The van der Waals surface area contributed by atoms with Gasteiger partial charge in [-0.25, -0.2) is 0 Å². The van der Waals surface area contributed by atoms with E-state index in [9.17, 15) is 9.90 Å². The lowest BCUT2D eigenvalue weighted by atomic mass is 9.44. The van der Waals surface area contributed by atoms with Crippen molar-refractivity contribution in [1.29, 1.82) is 0 Å². The van der Waals surface area contributed by atoms with Gasteiger partial charge in [0.05, 0.1) is 0 Å². The first-order valence-corrected chi connectivity index (χ1v) is 10.7. The summed E-state index contributed by atoms with van der Waals surface area (Å²) in [6, 6.07) is 0. The number of rotatable bonds is 2. The lowest BCUT2D eigenvalue weighted by Crippen LogP contribution is -2.54. The van der Waals surface area contributed by atoms with E-state index in [1.807, 2.05) is 0 Å². The van der Waals surface area contributed by atoms with Gasteiger partial charge in [0, 0.05) is 13.5 Å². The van der Waals surface area contributed by atoms with E-state index in [4.69, 9.17) is 4.74 Å². The van der Waals surface area contributed by atoms with Crippen LogP contribution in [-0.2, 0) is 9.53 Å². The topological polar surface area (TPSA) is 46.5 Å². The maximum absolute atomic E-state index is 11.4. The van der Waals surface area contributed by atoms with Crippen LogP contribution >= 0.6 is 0 Å². The van der Waals surface area contributed by atoms with Gasteiger partial charge in [0.25, 0.3) is 0 Å². The molecule has 1 N–H and O–H groups in total. The van der Waals surface area contributed by atoms with Gasteiger partial charge in [-0.3, -0.25) is 4.79 Å². The van der Waals surface area contributed by atoms with Crippen LogP contribution in [0.15, 0.2) is 0 Å². The third kappa shape index (κ3) is 2.67. The van der Waals surface area contributed by atoms with Gasteiger partial charge in [0.2, 0.25) is 0 Å². The lowest BCUT2D eigenvalue weighted by molar-refractivity contribution is -0.160. The SMILES string of the molecule is CC(=O)O[C@@H]1CC[C@]2(C)C3CC[C@@]4(C)C(CC[C@@H]4CO)C3CC[C@@H]2C1. The van der Waals surface area contributed by atoms with Crippen LogP contribution in [0.4, 0.5) is 0 Å². The Labute approximate surface area is 152 Å². The van der Waals surface area contributed by atoms with Crippen LogP contribution in [0.3, 0.4) is 0 Å². The van der Waals surface area contributed by atoms with Crippen molar-refractivity contribution in [3.63, 3.8) is 0 Å². The largest absolute Gasteiger partial charge is 0.463 e. The molecule has 4 saturated carbocycles. The third-order valence-electron chi connectivity index (χ3n) is 9.37. The van der Waals surface area contributed by atoms with Crippen molar-refractivity contribution in [3.05, 3.63) is 0 Å². The average Bonchev–Trinajstić information content (AvgIpc) is 2.91. The van der Waals surface area contributed by atoms with Crippen LogP contribution in [0.5, 0.6) is 0 Å². The van der Waals surface area contributed by atoms with E-state index in [0.29, 0.717) is 23.4 Å². The summed E-state index contributed by atoms with van der Waals surface area (Å²) in [5, 5.41) is 9.86. The minimum Gasteiger partial charge on any atom is -0.463 e. The second-order valence-corrected chi connectivity index (χ2v) is 10.2. The summed E-state index contributed by atoms with van der Waals surface area (Å²) in [4.78, 5) is 11.4. The Balaban J connectivity index is 1.53. The molecule has 3 heteroatoms. The summed E-state index contributed by atoms with van der Waals surface area (Å²) in [5.74, 6) is 3.68. The maximum atomic E-state index is 11.4. The van der Waals surface area contributed by atoms with E-state index in [1.165, 1.54) is 44.9 Å². The van der Waals surface area contributed by atoms with Gasteiger partial charge in [-0.2, -0.15) is 0 Å². The number of carbonyl (C=O) groups is 1. The lowest BCUT2D eigenvalue weighted by Gasteiger charge is -2.61. The molecule has 0 bridgehead atoms. The van der Waals surface area contributed by atoms with Gasteiger partial charge in [-0.05, 0) is 98.2 Å². The fourth-order valence-corrected chi connectivity index (χ4v) is 7.97. The molecule has 0 amide bonds. The summed E-state index contributed by atoms with van der Waals surface area (Å²) < 4.78 is 5.57. The molecule has 4 fully saturated rings. The summed E-state index contributed by atoms with van der Waals surface area (Å²) in [6.45, 7) is 6.96. The fourth-order valence-electron chi connectivity index (χ4n) is 7.97. The molecule has 0 saturated heterocycles. The average molecular weight is 349 g/mol. The number of carbonyl (C=O) groups excluding carboxylic acids is 1. The minimum atomic E-state index is -0.114. The van der Waals surface area contributed by atoms with Crippen molar-refractivity contribution in [1.82, 2.24) is 0 Å². The van der Waals surface area contributed by atoms with E-state index in [0.717, 1.165) is 36.5 Å². The Morgan fingerprint density at radius 2 is 1.72 bits per heavy atom. The normalized spacial score (nSPS) is 52.0. The van der Waals surface area contributed by atoms with Crippen molar-refractivity contribution in [2.45, 2.75) is 84.7 Å². The van der Waals surface area contributed by atoms with Crippen LogP contribution in [0.1, 0.15) is 78.6 Å². The molecule has 4 aliphatic carbocycles. The number of aliphatic hydroxyl groups is 1. The minimum absolute atomic E-state index is 0.114. The zero-order valence-corrected chi connectivity index (χ0v) is 16.3. The Morgan fingerprint density at radius 3 is 2.44 bits per heavy atom. The number of fused-ring (bicyclic) bond motifs is 5. The maximum Gasteiger partial charge on any atom is 0.302 e. The van der Waals surface area contributed by atoms with E-state index in [1.54, 1.807) is 6.92 Å². The summed E-state index contributed by atoms with van der Waals surface area (Å²) in [7, 11) is 0. The van der Waals surface area contributed by atoms with Crippen LogP contribution in [0.2, 0.25) is 0 Å². The number of esters is 1. The van der Waals surface area contributed by atoms with Crippen molar-refractivity contribution in [2.24, 2.45) is 40.4 Å². The summed E-state index contributed by atoms with van der Waals surface area (Å²) in [6.07, 6.45) is 11.4. The van der Waals surface area contributed by atoms with Gasteiger partial charge < -0.3 is 9.84 Å².